The molecule has 0 aliphatic carbocycles. The van der Waals surface area contributed by atoms with Crippen LogP contribution in [0.3, 0.4) is 0 Å². The normalized spacial score (nSPS) is 10.2. The summed E-state index contributed by atoms with van der Waals surface area (Å²) in [5, 5.41) is 0. The lowest BCUT2D eigenvalue weighted by Gasteiger charge is -2.10. The van der Waals surface area contributed by atoms with Crippen molar-refractivity contribution in [3.05, 3.63) is 58.3 Å². The standard InChI is InChI=1S/C13H13BrN2O/c14-12-3-1-2-4-13(12)17-9-10-5-6-16-8-11(10)7-15/h1-6,8H,7,9,15H2. The second kappa shape index (κ2) is 5.80. The molecule has 0 fully saturated rings. The van der Waals surface area contributed by atoms with Crippen LogP contribution in [0.2, 0.25) is 0 Å². The van der Waals surface area contributed by atoms with Crippen molar-refractivity contribution in [3.63, 3.8) is 0 Å². The lowest BCUT2D eigenvalue weighted by molar-refractivity contribution is 0.303. The van der Waals surface area contributed by atoms with Gasteiger partial charge in [-0.3, -0.25) is 4.98 Å². The predicted octanol–water partition coefficient (Wildman–Crippen LogP) is 2.88. The molecule has 2 rings (SSSR count). The van der Waals surface area contributed by atoms with Gasteiger partial charge in [-0.2, -0.15) is 0 Å². The van der Waals surface area contributed by atoms with Gasteiger partial charge in [0, 0.05) is 18.9 Å². The second-order valence-electron chi connectivity index (χ2n) is 3.57. The number of ether oxygens (including phenoxy) is 1. The van der Waals surface area contributed by atoms with Crippen LogP contribution in [0.5, 0.6) is 5.75 Å². The van der Waals surface area contributed by atoms with E-state index in [-0.39, 0.29) is 0 Å². The van der Waals surface area contributed by atoms with Gasteiger partial charge >= 0.3 is 0 Å². The molecule has 0 amide bonds. The number of halogens is 1. The molecule has 0 saturated heterocycles. The van der Waals surface area contributed by atoms with Crippen molar-refractivity contribution in [2.45, 2.75) is 13.2 Å². The molecule has 1 aromatic carbocycles. The first-order valence-corrected chi connectivity index (χ1v) is 6.09. The average molecular weight is 293 g/mol. The molecule has 0 spiro atoms. The van der Waals surface area contributed by atoms with Gasteiger partial charge in [-0.05, 0) is 45.3 Å². The molecule has 1 aromatic heterocycles. The van der Waals surface area contributed by atoms with Gasteiger partial charge in [-0.15, -0.1) is 0 Å². The number of pyridine rings is 1. The van der Waals surface area contributed by atoms with Crippen molar-refractivity contribution in [1.29, 1.82) is 0 Å². The van der Waals surface area contributed by atoms with E-state index in [4.69, 9.17) is 10.5 Å². The Hall–Kier alpha value is -1.39. The van der Waals surface area contributed by atoms with Gasteiger partial charge in [0.1, 0.15) is 12.4 Å². The smallest absolute Gasteiger partial charge is 0.133 e. The van der Waals surface area contributed by atoms with Crippen LogP contribution in [0.1, 0.15) is 11.1 Å². The number of benzene rings is 1. The van der Waals surface area contributed by atoms with Crippen molar-refractivity contribution in [1.82, 2.24) is 4.98 Å². The number of rotatable bonds is 4. The maximum absolute atomic E-state index is 5.74. The summed E-state index contributed by atoms with van der Waals surface area (Å²) in [7, 11) is 0. The first-order chi connectivity index (χ1) is 8.31. The highest BCUT2D eigenvalue weighted by Crippen LogP contribution is 2.24. The van der Waals surface area contributed by atoms with Gasteiger partial charge in [0.05, 0.1) is 4.47 Å². The highest BCUT2D eigenvalue weighted by atomic mass is 79.9. The summed E-state index contributed by atoms with van der Waals surface area (Å²) in [6.07, 6.45) is 3.52. The molecule has 0 bridgehead atoms. The third-order valence-corrected chi connectivity index (χ3v) is 3.10. The van der Waals surface area contributed by atoms with Gasteiger partial charge in [0.2, 0.25) is 0 Å². The highest BCUT2D eigenvalue weighted by molar-refractivity contribution is 9.10. The SMILES string of the molecule is NCc1cnccc1COc1ccccc1Br. The Bertz CT molecular complexity index is 502. The second-order valence-corrected chi connectivity index (χ2v) is 4.42. The number of para-hydroxylation sites is 1. The molecule has 17 heavy (non-hydrogen) atoms. The summed E-state index contributed by atoms with van der Waals surface area (Å²) in [4.78, 5) is 4.04. The van der Waals surface area contributed by atoms with Gasteiger partial charge in [-0.25, -0.2) is 0 Å². The largest absolute Gasteiger partial charge is 0.488 e. The first-order valence-electron chi connectivity index (χ1n) is 5.30. The molecular formula is C13H13BrN2O. The monoisotopic (exact) mass is 292 g/mol. The number of aromatic nitrogens is 1. The maximum atomic E-state index is 5.74. The molecule has 0 aliphatic heterocycles. The van der Waals surface area contributed by atoms with E-state index in [1.54, 1.807) is 12.4 Å². The van der Waals surface area contributed by atoms with E-state index in [0.717, 1.165) is 21.3 Å². The third-order valence-electron chi connectivity index (χ3n) is 2.44. The molecule has 88 valence electrons. The molecule has 0 unspecified atom stereocenters. The fourth-order valence-corrected chi connectivity index (χ4v) is 1.90. The van der Waals surface area contributed by atoms with E-state index < -0.39 is 0 Å². The van der Waals surface area contributed by atoms with E-state index in [9.17, 15) is 0 Å². The number of nitrogens with zero attached hydrogens (tertiary/aromatic N) is 1. The van der Waals surface area contributed by atoms with Crippen LogP contribution in [0.15, 0.2) is 47.2 Å². The minimum absolute atomic E-state index is 0.475. The van der Waals surface area contributed by atoms with Crippen LogP contribution < -0.4 is 10.5 Å². The van der Waals surface area contributed by atoms with E-state index in [2.05, 4.69) is 20.9 Å². The third kappa shape index (κ3) is 3.05. The summed E-state index contributed by atoms with van der Waals surface area (Å²) in [5.41, 5.74) is 7.73. The first kappa shape index (κ1) is 12.1. The van der Waals surface area contributed by atoms with E-state index >= 15 is 0 Å². The number of hydrogen-bond acceptors (Lipinski definition) is 3. The Morgan fingerprint density at radius 3 is 2.76 bits per heavy atom. The van der Waals surface area contributed by atoms with Crippen LogP contribution in [0, 0.1) is 0 Å². The Morgan fingerprint density at radius 2 is 2.00 bits per heavy atom. The van der Waals surface area contributed by atoms with Crippen molar-refractivity contribution in [2.24, 2.45) is 5.73 Å². The van der Waals surface area contributed by atoms with Crippen LogP contribution in [0.4, 0.5) is 0 Å². The topological polar surface area (TPSA) is 48.1 Å². The van der Waals surface area contributed by atoms with Gasteiger partial charge in [0.15, 0.2) is 0 Å². The summed E-state index contributed by atoms with van der Waals surface area (Å²) in [6.45, 7) is 0.972. The van der Waals surface area contributed by atoms with Crippen LogP contribution >= 0.6 is 15.9 Å². The molecule has 1 heterocycles. The minimum atomic E-state index is 0.475. The van der Waals surface area contributed by atoms with Gasteiger partial charge in [0.25, 0.3) is 0 Å². The molecule has 0 aliphatic rings. The molecule has 2 N–H and O–H groups in total. The van der Waals surface area contributed by atoms with Crippen molar-refractivity contribution < 1.29 is 4.74 Å². The zero-order valence-electron chi connectivity index (χ0n) is 9.27. The molecule has 0 atom stereocenters. The van der Waals surface area contributed by atoms with Crippen molar-refractivity contribution in [2.75, 3.05) is 0 Å². The Labute approximate surface area is 109 Å². The molecule has 0 radical (unpaired) electrons. The maximum Gasteiger partial charge on any atom is 0.133 e. The summed E-state index contributed by atoms with van der Waals surface area (Å²) < 4.78 is 6.68. The Morgan fingerprint density at radius 1 is 1.18 bits per heavy atom. The molecule has 4 heteroatoms. The molecule has 0 saturated carbocycles. The van der Waals surface area contributed by atoms with E-state index in [1.165, 1.54) is 0 Å². The molecule has 3 nitrogen and oxygen atoms in total. The minimum Gasteiger partial charge on any atom is -0.488 e. The van der Waals surface area contributed by atoms with E-state index in [1.807, 2.05) is 30.3 Å². The molecule has 2 aromatic rings. The average Bonchev–Trinajstić information content (AvgIpc) is 2.38. The zero-order valence-corrected chi connectivity index (χ0v) is 10.9. The van der Waals surface area contributed by atoms with Crippen molar-refractivity contribution in [3.8, 4) is 5.75 Å². The van der Waals surface area contributed by atoms with Crippen LogP contribution in [-0.4, -0.2) is 4.98 Å². The summed E-state index contributed by atoms with van der Waals surface area (Å²) in [5.74, 6) is 0.826. The Balaban J connectivity index is 2.10. The lowest BCUT2D eigenvalue weighted by atomic mass is 10.1. The number of hydrogen-bond donors (Lipinski definition) is 1. The lowest BCUT2D eigenvalue weighted by Crippen LogP contribution is -2.05. The fraction of sp³-hybridized carbons (Fsp3) is 0.154. The molecular weight excluding hydrogens is 280 g/mol. The van der Waals surface area contributed by atoms with Crippen LogP contribution in [0.25, 0.3) is 0 Å². The van der Waals surface area contributed by atoms with Crippen LogP contribution in [-0.2, 0) is 13.2 Å². The van der Waals surface area contributed by atoms with E-state index in [0.29, 0.717) is 13.2 Å². The van der Waals surface area contributed by atoms with Gasteiger partial charge in [-0.1, -0.05) is 12.1 Å². The number of nitrogens with two attached hydrogens (primary N) is 1. The highest BCUT2D eigenvalue weighted by Gasteiger charge is 2.03. The summed E-state index contributed by atoms with van der Waals surface area (Å²) >= 11 is 3.44. The quantitative estimate of drug-likeness (QED) is 0.943. The fourth-order valence-electron chi connectivity index (χ4n) is 1.50. The Kier molecular flexibility index (Phi) is 4.12. The van der Waals surface area contributed by atoms with Crippen molar-refractivity contribution >= 4 is 15.9 Å². The predicted molar refractivity (Wildman–Crippen MR) is 70.6 cm³/mol. The van der Waals surface area contributed by atoms with Gasteiger partial charge < -0.3 is 10.5 Å². The summed E-state index contributed by atoms with van der Waals surface area (Å²) in [6, 6.07) is 9.70. The zero-order chi connectivity index (χ0) is 12.1.